The number of carbonyl (C=O) groups is 15. The fourth-order valence-corrected chi connectivity index (χ4v) is 13.2. The van der Waals surface area contributed by atoms with Gasteiger partial charge in [-0.1, -0.05) is 159 Å². The second-order valence-electron chi connectivity index (χ2n) is 29.6. The number of nitrogens with two attached hydrogens (primary N) is 4. The van der Waals surface area contributed by atoms with Gasteiger partial charge >= 0.3 is 5.97 Å². The molecule has 0 unspecified atom stereocenters. The molecule has 0 saturated carbocycles. The van der Waals surface area contributed by atoms with Crippen LogP contribution in [0.5, 0.6) is 0 Å². The molecule has 3 aromatic carbocycles. The summed E-state index contributed by atoms with van der Waals surface area (Å²) in [6.07, 6.45) is -1.94. The first kappa shape index (κ1) is 98.2. The molecule has 1 fully saturated rings. The Kier molecular flexibility index (Phi) is 42.5. The fourth-order valence-electron chi connectivity index (χ4n) is 12.3. The van der Waals surface area contributed by atoms with Crippen molar-refractivity contribution in [3.05, 3.63) is 108 Å². The Morgan fingerprint density at radius 2 is 0.703 bits per heavy atom. The number of nitrogens with one attached hydrogen (secondary N) is 19. The van der Waals surface area contributed by atoms with Crippen molar-refractivity contribution in [3.8, 4) is 0 Å². The number of hydrogen-bond donors (Lipinski definition) is 24. The molecule has 0 aromatic heterocycles. The first-order valence-electron chi connectivity index (χ1n) is 39.3. The predicted octanol–water partition coefficient (Wildman–Crippen LogP) is -3.45. The maximum Gasteiger partial charge on any atom is 0.305 e. The smallest absolute Gasteiger partial charge is 0.305 e. The molecule has 118 heavy (non-hydrogen) atoms. The lowest BCUT2D eigenvalue weighted by molar-refractivity contribution is -0.142. The summed E-state index contributed by atoms with van der Waals surface area (Å²) in [5.41, 5.74) is 23.7. The van der Waals surface area contributed by atoms with E-state index in [1.165, 1.54) is 0 Å². The number of benzene rings is 3. The predicted molar refractivity (Wildman–Crippen MR) is 441 cm³/mol. The molecule has 1 saturated heterocycles. The van der Waals surface area contributed by atoms with E-state index in [-0.39, 0.29) is 90.3 Å². The lowest BCUT2D eigenvalue weighted by atomic mass is 9.94. The van der Waals surface area contributed by atoms with Crippen molar-refractivity contribution in [2.24, 2.45) is 46.6 Å². The van der Waals surface area contributed by atoms with Crippen LogP contribution >= 0.6 is 11.8 Å². The topological polar surface area (TPSA) is 644 Å². The second-order valence-corrected chi connectivity index (χ2v) is 30.6. The Bertz CT molecular complexity index is 3920. The summed E-state index contributed by atoms with van der Waals surface area (Å²) >= 11 is 0.802. The van der Waals surface area contributed by atoms with Gasteiger partial charge in [0.05, 0.1) is 18.7 Å². The molecular weight excluding hydrogens is 1550 g/mol. The Hall–Kier alpha value is -12.1. The van der Waals surface area contributed by atoms with Gasteiger partial charge in [-0.15, -0.1) is 11.8 Å². The zero-order chi connectivity index (χ0) is 87.7. The summed E-state index contributed by atoms with van der Waals surface area (Å²) in [5.74, 6) is -20.2. The minimum atomic E-state index is -2.01. The van der Waals surface area contributed by atoms with E-state index in [9.17, 15) is 72.2 Å². The van der Waals surface area contributed by atoms with E-state index in [0.29, 0.717) is 16.7 Å². The van der Waals surface area contributed by atoms with Gasteiger partial charge < -0.3 is 113 Å². The first-order valence-corrected chi connectivity index (χ1v) is 40.4. The highest BCUT2D eigenvalue weighted by atomic mass is 32.2. The fraction of sp³-hybridized carbons (Fsp3) is 0.538. The van der Waals surface area contributed by atoms with Crippen molar-refractivity contribution in [1.82, 2.24) is 85.1 Å². The van der Waals surface area contributed by atoms with Crippen LogP contribution in [0.15, 0.2) is 91.0 Å². The maximum atomic E-state index is 15.0. The normalized spacial score (nSPS) is 23.1. The van der Waals surface area contributed by atoms with Crippen molar-refractivity contribution in [1.29, 1.82) is 16.2 Å². The zero-order valence-electron chi connectivity index (χ0n) is 67.9. The Morgan fingerprint density at radius 1 is 0.407 bits per heavy atom. The van der Waals surface area contributed by atoms with Crippen LogP contribution in [0, 0.1) is 39.9 Å². The Balaban J connectivity index is 1.98. The summed E-state index contributed by atoms with van der Waals surface area (Å²) in [6.45, 7) is 12.3. The Morgan fingerprint density at radius 3 is 1.09 bits per heavy atom. The van der Waals surface area contributed by atoms with Gasteiger partial charge in [-0.25, -0.2) is 0 Å². The van der Waals surface area contributed by atoms with Crippen molar-refractivity contribution in [2.75, 3.05) is 37.7 Å². The van der Waals surface area contributed by atoms with Crippen molar-refractivity contribution in [3.63, 3.8) is 0 Å². The number of aliphatic carboxylic acids is 1. The summed E-state index contributed by atoms with van der Waals surface area (Å²) in [4.78, 5) is 216. The van der Waals surface area contributed by atoms with Crippen LogP contribution in [0.25, 0.3) is 0 Å². The molecule has 40 heteroatoms. The van der Waals surface area contributed by atoms with Gasteiger partial charge in [-0.05, 0) is 78.9 Å². The van der Waals surface area contributed by atoms with Crippen LogP contribution in [-0.4, -0.2) is 222 Å². The van der Waals surface area contributed by atoms with Crippen molar-refractivity contribution < 1.29 is 77.0 Å². The number of carbonyl (C=O) groups excluding carboxylic acids is 14. The van der Waals surface area contributed by atoms with Gasteiger partial charge in [0.25, 0.3) is 0 Å². The van der Waals surface area contributed by atoms with Crippen LogP contribution < -0.4 is 108 Å². The van der Waals surface area contributed by atoms with E-state index in [0.717, 1.165) is 11.8 Å². The zero-order valence-corrected chi connectivity index (χ0v) is 68.7. The minimum absolute atomic E-state index is 0.00382. The van der Waals surface area contributed by atoms with E-state index in [4.69, 9.17) is 39.2 Å². The molecule has 0 bridgehead atoms. The van der Waals surface area contributed by atoms with E-state index in [1.807, 2.05) is 0 Å². The van der Waals surface area contributed by atoms with E-state index >= 15 is 4.79 Å². The van der Waals surface area contributed by atoms with Gasteiger partial charge in [0.2, 0.25) is 82.7 Å². The lowest BCUT2D eigenvalue weighted by Crippen LogP contribution is -2.63. The molecule has 0 aliphatic carbocycles. The quantitative estimate of drug-likeness (QED) is 0.0183. The molecule has 1 aliphatic rings. The maximum absolute atomic E-state index is 15.0. The highest BCUT2D eigenvalue weighted by Crippen LogP contribution is 2.18. The molecule has 14 amide bonds. The standard InChI is InChI=1S/C78H119N23O16S/c1-9-44(7)62-74(116)93-50(30-21-33-87-77(82)83)65(107)95-55(38-59(104)105)70(112)92-51(31-22-34-88-78(84)85)67(109)98-60(42(3)4)72(114)96-53(36-47-25-16-12-17-26-47)69(111)91-49(29-20-32-86-76(80)81)66(108)97-56(64(106)89-39-57(79)102)40-118-41-58(103)90-52(35-46-23-14-11-15-24-46)68(110)94-54(37-48-27-18-13-19-28-48)71(113)100-63(45(8)10-2)75(117)99-61(43(5)6)73(115)101-62/h11-19,23-28,42-45,49-56,60-63H,9-10,20-22,29-41H2,1-8H3,(H2,79,102)(H,89,106)(H,90,103)(H,91,111)(H,92,112)(H,93,116)(H,94,110)(H,95,107)(H,96,114)(H,97,108)(H,98,109)(H,99,117)(H,100,113)(H,101,115)(H,104,105)(H4,80,81,86)(H4,82,83,87)(H4,84,85,88)/t44-,45-,49-,50-,51-,52-,53-,54+,55-,56-,60-,61-,62-,63-/m0/s1. The number of hydrogen-bond acceptors (Lipinski definition) is 19. The van der Waals surface area contributed by atoms with E-state index in [1.54, 1.807) is 146 Å². The average Bonchev–Trinajstić information content (AvgIpc) is 0.839. The highest BCUT2D eigenvalue weighted by Gasteiger charge is 2.40. The average molecular weight is 1670 g/mol. The van der Waals surface area contributed by atoms with Crippen molar-refractivity contribution in [2.45, 2.75) is 205 Å². The van der Waals surface area contributed by atoms with Crippen LogP contribution in [-0.2, 0) is 91.2 Å². The Labute approximate surface area is 690 Å². The van der Waals surface area contributed by atoms with Crippen LogP contribution in [0.1, 0.15) is 130 Å². The molecule has 0 spiro atoms. The third-order valence-corrected chi connectivity index (χ3v) is 20.3. The number of carboxylic acid groups (broad SMARTS) is 1. The minimum Gasteiger partial charge on any atom is -0.481 e. The second kappa shape index (κ2) is 51.1. The molecule has 3 aromatic rings. The molecule has 28 N–H and O–H groups in total. The molecule has 0 radical (unpaired) electrons. The van der Waals surface area contributed by atoms with Crippen molar-refractivity contribution >= 4 is 118 Å². The highest BCUT2D eigenvalue weighted by molar-refractivity contribution is 8.00. The third-order valence-electron chi connectivity index (χ3n) is 19.3. The van der Waals surface area contributed by atoms with Gasteiger partial charge in [-0.3, -0.25) is 88.1 Å². The van der Waals surface area contributed by atoms with E-state index in [2.05, 4.69) is 85.1 Å². The number of thioether (sulfide) groups is 1. The van der Waals surface area contributed by atoms with Gasteiger partial charge in [0, 0.05) is 44.6 Å². The summed E-state index contributed by atoms with van der Waals surface area (Å²) in [6, 6.07) is 6.60. The lowest BCUT2D eigenvalue weighted by Gasteiger charge is -2.32. The van der Waals surface area contributed by atoms with Crippen LogP contribution in [0.2, 0.25) is 0 Å². The van der Waals surface area contributed by atoms with E-state index < -0.39 is 227 Å². The molecule has 4 rings (SSSR count). The molecular formula is C78H119N23O16S. The third kappa shape index (κ3) is 35.5. The summed E-state index contributed by atoms with van der Waals surface area (Å²) in [7, 11) is 0. The van der Waals surface area contributed by atoms with Gasteiger partial charge in [0.15, 0.2) is 17.9 Å². The first-order chi connectivity index (χ1) is 55.9. The number of carboxylic acids is 1. The molecule has 14 atom stereocenters. The molecule has 1 heterocycles. The number of rotatable bonds is 29. The summed E-state index contributed by atoms with van der Waals surface area (Å²) in [5, 5.41) is 75.5. The molecule has 648 valence electrons. The SMILES string of the molecule is CC[C@H](C)[C@@H]1NC(=O)[C@H](C(C)C)NC(=O)[C@H]([C@@H](C)CC)NC(=O)[C@@H](Cc2ccccc2)NC(=O)[C@H](Cc2ccccc2)NC(=O)CSC[C@@H](C(=O)NCC(N)=O)NC(=O)[C@H](CCCNC(=N)N)NC(=O)[C@H](Cc2ccccc2)NC(=O)[C@H](C(C)C)NC(=O)[C@H](CCCNC(=N)N)NC(=O)[C@H](CC(=O)O)NC(=O)[C@H](CCCNC(=N)N)NC1=O. The number of amides is 14. The number of primary amides is 1. The number of guanidine groups is 3. The summed E-state index contributed by atoms with van der Waals surface area (Å²) < 4.78 is 0. The van der Waals surface area contributed by atoms with Gasteiger partial charge in [0.1, 0.15) is 72.5 Å². The monoisotopic (exact) mass is 1670 g/mol. The largest absolute Gasteiger partial charge is 0.481 e. The van der Waals surface area contributed by atoms with Crippen LogP contribution in [0.3, 0.4) is 0 Å². The van der Waals surface area contributed by atoms with Crippen LogP contribution in [0.4, 0.5) is 0 Å². The van der Waals surface area contributed by atoms with Gasteiger partial charge in [-0.2, -0.15) is 0 Å². The molecule has 1 aliphatic heterocycles. The molecule has 39 nitrogen and oxygen atoms in total.